The molecular weight excluding hydrogens is 218 g/mol. The Bertz CT molecular complexity index is 206. The van der Waals surface area contributed by atoms with Crippen molar-refractivity contribution in [1.29, 1.82) is 5.26 Å². The van der Waals surface area contributed by atoms with E-state index in [0.717, 1.165) is 25.9 Å². The maximum Gasteiger partial charge on any atom is 0.0635 e. The molecule has 1 unspecified atom stereocenters. The van der Waals surface area contributed by atoms with Gasteiger partial charge in [-0.2, -0.15) is 5.26 Å². The largest absolute Gasteiger partial charge is 0.383 e. The standard InChI is InChI=1S/C12H25N3O2/c1-16-10-9-15(8-4-7-14)12(11-17-2)5-3-6-13/h12H,3-6,8-11,13H2,1-2H3. The van der Waals surface area contributed by atoms with Gasteiger partial charge in [-0.1, -0.05) is 0 Å². The highest BCUT2D eigenvalue weighted by molar-refractivity contribution is 4.77. The summed E-state index contributed by atoms with van der Waals surface area (Å²) in [5.41, 5.74) is 5.54. The second-order valence-electron chi connectivity index (χ2n) is 3.98. The third kappa shape index (κ3) is 8.11. The first-order chi connectivity index (χ1) is 8.29. The van der Waals surface area contributed by atoms with Crippen LogP contribution in [0, 0.1) is 11.3 Å². The van der Waals surface area contributed by atoms with Crippen LogP contribution < -0.4 is 5.73 Å². The summed E-state index contributed by atoms with van der Waals surface area (Å²) in [6, 6.07) is 2.51. The Kier molecular flexibility index (Phi) is 11.3. The fraction of sp³-hybridized carbons (Fsp3) is 0.917. The summed E-state index contributed by atoms with van der Waals surface area (Å²) >= 11 is 0. The quantitative estimate of drug-likeness (QED) is 0.575. The summed E-state index contributed by atoms with van der Waals surface area (Å²) in [5, 5.41) is 8.67. The molecule has 0 saturated heterocycles. The van der Waals surface area contributed by atoms with E-state index < -0.39 is 0 Å². The maximum absolute atomic E-state index is 8.67. The van der Waals surface area contributed by atoms with E-state index in [-0.39, 0.29) is 0 Å². The van der Waals surface area contributed by atoms with Gasteiger partial charge in [0.2, 0.25) is 0 Å². The molecule has 0 heterocycles. The predicted octanol–water partition coefficient (Wildman–Crippen LogP) is 0.602. The zero-order valence-corrected chi connectivity index (χ0v) is 11.0. The summed E-state index contributed by atoms with van der Waals surface area (Å²) in [4.78, 5) is 2.26. The number of hydrogen-bond acceptors (Lipinski definition) is 5. The molecule has 0 aliphatic rings. The van der Waals surface area contributed by atoms with E-state index in [4.69, 9.17) is 20.5 Å². The monoisotopic (exact) mass is 243 g/mol. The van der Waals surface area contributed by atoms with Crippen molar-refractivity contribution in [1.82, 2.24) is 4.90 Å². The number of nitriles is 1. The highest BCUT2D eigenvalue weighted by Gasteiger charge is 2.17. The lowest BCUT2D eigenvalue weighted by Crippen LogP contribution is -2.41. The molecule has 0 aromatic heterocycles. The van der Waals surface area contributed by atoms with Crippen LogP contribution in [0.25, 0.3) is 0 Å². The molecular formula is C12H25N3O2. The average molecular weight is 243 g/mol. The summed E-state index contributed by atoms with van der Waals surface area (Å²) in [7, 11) is 3.39. The van der Waals surface area contributed by atoms with Crippen LogP contribution >= 0.6 is 0 Å². The van der Waals surface area contributed by atoms with Crippen molar-refractivity contribution in [2.24, 2.45) is 5.73 Å². The van der Waals surface area contributed by atoms with E-state index >= 15 is 0 Å². The minimum Gasteiger partial charge on any atom is -0.383 e. The minimum absolute atomic E-state index is 0.326. The minimum atomic E-state index is 0.326. The Hall–Kier alpha value is -0.670. The van der Waals surface area contributed by atoms with E-state index in [1.54, 1.807) is 14.2 Å². The molecule has 2 N–H and O–H groups in total. The third-order valence-corrected chi connectivity index (χ3v) is 2.71. The molecule has 0 radical (unpaired) electrons. The molecule has 5 nitrogen and oxygen atoms in total. The average Bonchev–Trinajstić information content (AvgIpc) is 2.35. The number of methoxy groups -OCH3 is 2. The first kappa shape index (κ1) is 16.3. The zero-order chi connectivity index (χ0) is 12.9. The van der Waals surface area contributed by atoms with Gasteiger partial charge in [-0.15, -0.1) is 0 Å². The van der Waals surface area contributed by atoms with E-state index in [9.17, 15) is 0 Å². The van der Waals surface area contributed by atoms with Crippen LogP contribution in [0.5, 0.6) is 0 Å². The molecule has 0 fully saturated rings. The molecule has 0 aromatic rings. The number of nitrogens with two attached hydrogens (primary N) is 1. The van der Waals surface area contributed by atoms with Gasteiger partial charge in [-0.3, -0.25) is 4.90 Å². The van der Waals surface area contributed by atoms with Crippen molar-refractivity contribution in [3.8, 4) is 6.07 Å². The van der Waals surface area contributed by atoms with Crippen molar-refractivity contribution < 1.29 is 9.47 Å². The van der Waals surface area contributed by atoms with E-state index in [1.807, 2.05) is 0 Å². The summed E-state index contributed by atoms with van der Waals surface area (Å²) in [5.74, 6) is 0. The van der Waals surface area contributed by atoms with Crippen LogP contribution in [0.3, 0.4) is 0 Å². The highest BCUT2D eigenvalue weighted by atomic mass is 16.5. The van der Waals surface area contributed by atoms with Crippen molar-refractivity contribution in [2.75, 3.05) is 47.1 Å². The van der Waals surface area contributed by atoms with Crippen LogP contribution in [0.4, 0.5) is 0 Å². The Morgan fingerprint density at radius 3 is 2.59 bits per heavy atom. The SMILES string of the molecule is COCCN(CCC#N)C(CCCN)COC. The first-order valence-electron chi connectivity index (χ1n) is 6.09. The normalized spacial score (nSPS) is 12.6. The molecule has 0 amide bonds. The Morgan fingerprint density at radius 1 is 1.29 bits per heavy atom. The van der Waals surface area contributed by atoms with Crippen molar-refractivity contribution in [2.45, 2.75) is 25.3 Å². The molecule has 1 atom stereocenters. The molecule has 100 valence electrons. The molecule has 0 saturated carbocycles. The maximum atomic E-state index is 8.67. The van der Waals surface area contributed by atoms with Crippen LogP contribution in [-0.2, 0) is 9.47 Å². The zero-order valence-electron chi connectivity index (χ0n) is 11.0. The summed E-state index contributed by atoms with van der Waals surface area (Å²) in [6.07, 6.45) is 2.51. The fourth-order valence-electron chi connectivity index (χ4n) is 1.80. The van der Waals surface area contributed by atoms with E-state index in [1.165, 1.54) is 0 Å². The molecule has 0 spiro atoms. The second kappa shape index (κ2) is 11.8. The van der Waals surface area contributed by atoms with Gasteiger partial charge in [0.15, 0.2) is 0 Å². The Balaban J connectivity index is 4.26. The van der Waals surface area contributed by atoms with Gasteiger partial charge in [0.05, 0.1) is 19.3 Å². The molecule has 17 heavy (non-hydrogen) atoms. The lowest BCUT2D eigenvalue weighted by Gasteiger charge is -2.30. The van der Waals surface area contributed by atoms with Crippen LogP contribution in [-0.4, -0.2) is 58.0 Å². The van der Waals surface area contributed by atoms with E-state index in [0.29, 0.717) is 32.2 Å². The number of rotatable bonds is 11. The molecule has 0 rings (SSSR count). The lowest BCUT2D eigenvalue weighted by atomic mass is 10.1. The topological polar surface area (TPSA) is 71.5 Å². The molecule has 0 aromatic carbocycles. The Labute approximate surface area is 104 Å². The van der Waals surface area contributed by atoms with Crippen molar-refractivity contribution >= 4 is 0 Å². The fourth-order valence-corrected chi connectivity index (χ4v) is 1.80. The number of hydrogen-bond donors (Lipinski definition) is 1. The Morgan fingerprint density at radius 2 is 2.06 bits per heavy atom. The molecule has 0 bridgehead atoms. The third-order valence-electron chi connectivity index (χ3n) is 2.71. The number of ether oxygens (including phenoxy) is 2. The van der Waals surface area contributed by atoms with Gasteiger partial charge in [0.1, 0.15) is 0 Å². The predicted molar refractivity (Wildman–Crippen MR) is 67.6 cm³/mol. The van der Waals surface area contributed by atoms with Crippen LogP contribution in [0.15, 0.2) is 0 Å². The highest BCUT2D eigenvalue weighted by Crippen LogP contribution is 2.08. The van der Waals surface area contributed by atoms with Gasteiger partial charge >= 0.3 is 0 Å². The van der Waals surface area contributed by atoms with Gasteiger partial charge in [-0.25, -0.2) is 0 Å². The first-order valence-corrected chi connectivity index (χ1v) is 6.09. The van der Waals surface area contributed by atoms with Crippen molar-refractivity contribution in [3.63, 3.8) is 0 Å². The van der Waals surface area contributed by atoms with Gasteiger partial charge in [0, 0.05) is 39.8 Å². The molecule has 0 aliphatic carbocycles. The van der Waals surface area contributed by atoms with Gasteiger partial charge < -0.3 is 15.2 Å². The molecule has 5 heteroatoms. The van der Waals surface area contributed by atoms with E-state index in [2.05, 4.69) is 11.0 Å². The van der Waals surface area contributed by atoms with Crippen LogP contribution in [0.1, 0.15) is 19.3 Å². The lowest BCUT2D eigenvalue weighted by molar-refractivity contribution is 0.0639. The summed E-state index contributed by atoms with van der Waals surface area (Å²) < 4.78 is 10.3. The van der Waals surface area contributed by atoms with Crippen molar-refractivity contribution in [3.05, 3.63) is 0 Å². The summed E-state index contributed by atoms with van der Waals surface area (Å²) in [6.45, 7) is 3.63. The van der Waals surface area contributed by atoms with Gasteiger partial charge in [-0.05, 0) is 19.4 Å². The van der Waals surface area contributed by atoms with Gasteiger partial charge in [0.25, 0.3) is 0 Å². The molecule has 0 aliphatic heterocycles. The smallest absolute Gasteiger partial charge is 0.0635 e. The van der Waals surface area contributed by atoms with Crippen LogP contribution in [0.2, 0.25) is 0 Å². The number of nitrogens with zero attached hydrogens (tertiary/aromatic N) is 2. The second-order valence-corrected chi connectivity index (χ2v) is 3.98.